The quantitative estimate of drug-likeness (QED) is 0.659. The highest BCUT2D eigenvalue weighted by molar-refractivity contribution is 5.45. The number of nitrogens with zero attached hydrogens (tertiary/aromatic N) is 1. The third kappa shape index (κ3) is 3.18. The van der Waals surface area contributed by atoms with Crippen LogP contribution in [0.2, 0.25) is 0 Å². The second-order valence-electron chi connectivity index (χ2n) is 9.36. The van der Waals surface area contributed by atoms with Gasteiger partial charge in [-0.2, -0.15) is 0 Å². The van der Waals surface area contributed by atoms with E-state index in [9.17, 15) is 0 Å². The number of fused-ring (bicyclic) bond motifs is 4. The van der Waals surface area contributed by atoms with E-state index >= 15 is 0 Å². The number of rotatable bonds is 7. The van der Waals surface area contributed by atoms with Crippen molar-refractivity contribution >= 4 is 0 Å². The zero-order valence-electron chi connectivity index (χ0n) is 17.3. The fourth-order valence-electron chi connectivity index (χ4n) is 6.04. The van der Waals surface area contributed by atoms with Crippen molar-refractivity contribution in [2.45, 2.75) is 63.3 Å². The van der Waals surface area contributed by atoms with Crippen molar-refractivity contribution in [1.82, 2.24) is 4.90 Å². The molecule has 3 heteroatoms. The van der Waals surface area contributed by atoms with Crippen molar-refractivity contribution in [3.05, 3.63) is 53.5 Å². The molecule has 0 amide bonds. The summed E-state index contributed by atoms with van der Waals surface area (Å²) >= 11 is 0. The first kappa shape index (κ1) is 18.3. The Morgan fingerprint density at radius 3 is 2.89 bits per heavy atom. The van der Waals surface area contributed by atoms with Crippen LogP contribution in [0.15, 0.2) is 41.0 Å². The summed E-state index contributed by atoms with van der Waals surface area (Å²) in [4.78, 5) is 2.83. The maximum Gasteiger partial charge on any atom is 0.119 e. The fourth-order valence-corrected chi connectivity index (χ4v) is 6.04. The SMILES string of the molecule is COc1ccc2c(c1)C1(CCCc3ccco3)CCN(CC3CC3)C(C2)C1C. The van der Waals surface area contributed by atoms with Crippen molar-refractivity contribution in [2.75, 3.05) is 20.2 Å². The molecule has 0 N–H and O–H groups in total. The Hall–Kier alpha value is -1.74. The van der Waals surface area contributed by atoms with Crippen LogP contribution in [0.25, 0.3) is 0 Å². The van der Waals surface area contributed by atoms with E-state index in [0.717, 1.165) is 23.8 Å². The summed E-state index contributed by atoms with van der Waals surface area (Å²) in [7, 11) is 1.79. The Balaban J connectivity index is 1.45. The van der Waals surface area contributed by atoms with E-state index in [-0.39, 0.29) is 5.41 Å². The number of likely N-dealkylation sites (tertiary alicyclic amines) is 1. The molecule has 28 heavy (non-hydrogen) atoms. The van der Waals surface area contributed by atoms with Gasteiger partial charge in [-0.1, -0.05) is 13.0 Å². The first-order valence-corrected chi connectivity index (χ1v) is 11.1. The highest BCUT2D eigenvalue weighted by Gasteiger charge is 2.51. The highest BCUT2D eigenvalue weighted by atomic mass is 16.5. The van der Waals surface area contributed by atoms with Crippen molar-refractivity contribution < 1.29 is 9.15 Å². The minimum absolute atomic E-state index is 0.277. The number of ether oxygens (including phenoxy) is 1. The highest BCUT2D eigenvalue weighted by Crippen LogP contribution is 2.52. The predicted octanol–water partition coefficient (Wildman–Crippen LogP) is 5.23. The molecule has 150 valence electrons. The van der Waals surface area contributed by atoms with Gasteiger partial charge in [0.1, 0.15) is 11.5 Å². The van der Waals surface area contributed by atoms with Crippen LogP contribution in [0.3, 0.4) is 0 Å². The van der Waals surface area contributed by atoms with Gasteiger partial charge in [-0.25, -0.2) is 0 Å². The van der Waals surface area contributed by atoms with E-state index in [4.69, 9.17) is 9.15 Å². The van der Waals surface area contributed by atoms with Gasteiger partial charge in [-0.05, 0) is 92.3 Å². The molecule has 1 aliphatic heterocycles. The van der Waals surface area contributed by atoms with E-state index in [1.165, 1.54) is 51.6 Å². The second kappa shape index (κ2) is 7.26. The summed E-state index contributed by atoms with van der Waals surface area (Å²) in [6, 6.07) is 11.7. The van der Waals surface area contributed by atoms with Crippen LogP contribution in [-0.4, -0.2) is 31.1 Å². The van der Waals surface area contributed by atoms with Gasteiger partial charge in [-0.3, -0.25) is 4.90 Å². The van der Waals surface area contributed by atoms with Crippen LogP contribution in [0.5, 0.6) is 5.75 Å². The zero-order valence-corrected chi connectivity index (χ0v) is 17.3. The number of hydrogen-bond donors (Lipinski definition) is 0. The maximum absolute atomic E-state index is 5.62. The molecule has 2 fully saturated rings. The smallest absolute Gasteiger partial charge is 0.119 e. The Labute approximate surface area is 169 Å². The van der Waals surface area contributed by atoms with E-state index in [2.05, 4.69) is 36.1 Å². The average Bonchev–Trinajstić information content (AvgIpc) is 3.37. The lowest BCUT2D eigenvalue weighted by atomic mass is 9.56. The molecule has 3 unspecified atom stereocenters. The summed E-state index contributed by atoms with van der Waals surface area (Å²) in [6.07, 6.45) is 10.6. The zero-order chi connectivity index (χ0) is 19.1. The Morgan fingerprint density at radius 2 is 2.14 bits per heavy atom. The number of furan rings is 1. The fraction of sp³-hybridized carbons (Fsp3) is 0.600. The predicted molar refractivity (Wildman–Crippen MR) is 112 cm³/mol. The topological polar surface area (TPSA) is 25.6 Å². The Morgan fingerprint density at radius 1 is 1.25 bits per heavy atom. The number of methoxy groups -OCH3 is 1. The lowest BCUT2D eigenvalue weighted by molar-refractivity contribution is 0.0147. The monoisotopic (exact) mass is 379 g/mol. The van der Waals surface area contributed by atoms with Crippen LogP contribution < -0.4 is 4.74 Å². The molecule has 0 radical (unpaired) electrons. The maximum atomic E-state index is 5.62. The Bertz CT molecular complexity index is 810. The minimum atomic E-state index is 0.277. The molecule has 2 bridgehead atoms. The molecule has 2 heterocycles. The molecule has 1 saturated carbocycles. The van der Waals surface area contributed by atoms with E-state index < -0.39 is 0 Å². The first-order chi connectivity index (χ1) is 13.7. The molecule has 1 aromatic heterocycles. The van der Waals surface area contributed by atoms with Gasteiger partial charge in [0.15, 0.2) is 0 Å². The molecule has 0 spiro atoms. The molecule has 2 aliphatic carbocycles. The van der Waals surface area contributed by atoms with Crippen molar-refractivity contribution in [3.8, 4) is 5.75 Å². The molecular weight excluding hydrogens is 346 g/mol. The lowest BCUT2D eigenvalue weighted by Gasteiger charge is -2.56. The third-order valence-corrected chi connectivity index (χ3v) is 7.86. The molecule has 3 aliphatic rings. The summed E-state index contributed by atoms with van der Waals surface area (Å²) in [6.45, 7) is 5.10. The number of hydrogen-bond acceptors (Lipinski definition) is 3. The Kier molecular flexibility index (Phi) is 4.74. The van der Waals surface area contributed by atoms with Crippen LogP contribution in [-0.2, 0) is 18.3 Å². The van der Waals surface area contributed by atoms with E-state index in [0.29, 0.717) is 12.0 Å². The van der Waals surface area contributed by atoms with E-state index in [1.807, 2.05) is 6.07 Å². The van der Waals surface area contributed by atoms with Gasteiger partial charge in [0.05, 0.1) is 13.4 Å². The minimum Gasteiger partial charge on any atom is -0.497 e. The summed E-state index contributed by atoms with van der Waals surface area (Å²) < 4.78 is 11.2. The van der Waals surface area contributed by atoms with Gasteiger partial charge in [0, 0.05) is 24.4 Å². The molecule has 3 nitrogen and oxygen atoms in total. The van der Waals surface area contributed by atoms with Crippen LogP contribution in [0, 0.1) is 11.8 Å². The standard InChI is InChI=1S/C25H33NO2/c1-18-24-15-20-9-10-22(27-2)16-23(20)25(18,11-3-5-21-6-4-14-28-21)12-13-26(24)17-19-7-8-19/h4,6,9-10,14,16,18-19,24H,3,5,7-8,11-13,15,17H2,1-2H3. The van der Waals surface area contributed by atoms with Crippen molar-refractivity contribution in [3.63, 3.8) is 0 Å². The van der Waals surface area contributed by atoms with Gasteiger partial charge >= 0.3 is 0 Å². The second-order valence-corrected chi connectivity index (χ2v) is 9.36. The number of piperidine rings is 1. The first-order valence-electron chi connectivity index (χ1n) is 11.1. The van der Waals surface area contributed by atoms with Crippen molar-refractivity contribution in [2.24, 2.45) is 11.8 Å². The normalized spacial score (nSPS) is 29.5. The molecule has 1 saturated heterocycles. The van der Waals surface area contributed by atoms with E-state index in [1.54, 1.807) is 24.5 Å². The lowest BCUT2D eigenvalue weighted by Crippen LogP contribution is -2.59. The molecular formula is C25H33NO2. The van der Waals surface area contributed by atoms with Gasteiger partial charge in [0.2, 0.25) is 0 Å². The van der Waals surface area contributed by atoms with Gasteiger partial charge in [-0.15, -0.1) is 0 Å². The summed E-state index contributed by atoms with van der Waals surface area (Å²) in [5.41, 5.74) is 3.41. The third-order valence-electron chi connectivity index (χ3n) is 7.86. The number of benzene rings is 1. The summed E-state index contributed by atoms with van der Waals surface area (Å²) in [5, 5.41) is 0. The van der Waals surface area contributed by atoms with Crippen molar-refractivity contribution in [1.29, 1.82) is 0 Å². The van der Waals surface area contributed by atoms with Gasteiger partial charge < -0.3 is 9.15 Å². The van der Waals surface area contributed by atoms with Crippen LogP contribution >= 0.6 is 0 Å². The molecule has 1 aromatic carbocycles. The average molecular weight is 380 g/mol. The largest absolute Gasteiger partial charge is 0.497 e. The molecule has 3 atom stereocenters. The van der Waals surface area contributed by atoms with Crippen LogP contribution in [0.4, 0.5) is 0 Å². The molecule has 5 rings (SSSR count). The number of aryl methyl sites for hydroxylation is 1. The van der Waals surface area contributed by atoms with Gasteiger partial charge in [0.25, 0.3) is 0 Å². The molecule has 2 aromatic rings. The summed E-state index contributed by atoms with van der Waals surface area (Å²) in [5.74, 6) is 3.79. The van der Waals surface area contributed by atoms with Crippen LogP contribution in [0.1, 0.15) is 55.9 Å².